The first-order chi connectivity index (χ1) is 18.5. The third-order valence-corrected chi connectivity index (χ3v) is 7.20. The van der Waals surface area contributed by atoms with Crippen LogP contribution in [0.3, 0.4) is 0 Å². The summed E-state index contributed by atoms with van der Waals surface area (Å²) in [7, 11) is 0. The Hall–Kier alpha value is -3.27. The number of hydrogen-bond donors (Lipinski definition) is 1. The second kappa shape index (κ2) is 12.1. The molecule has 0 aliphatic rings. The molecule has 0 bridgehead atoms. The van der Waals surface area contributed by atoms with Gasteiger partial charge in [-0.2, -0.15) is 5.10 Å². The minimum absolute atomic E-state index is 0.330. The average Bonchev–Trinajstić information content (AvgIpc) is 2.92. The molecular weight excluding hydrogens is 677 g/mol. The van der Waals surface area contributed by atoms with E-state index >= 15 is 0 Å². The van der Waals surface area contributed by atoms with Gasteiger partial charge >= 0.3 is 0 Å². The van der Waals surface area contributed by atoms with E-state index in [4.69, 9.17) is 21.3 Å². The van der Waals surface area contributed by atoms with E-state index < -0.39 is 0 Å². The minimum Gasteiger partial charge on any atom is -0.487 e. The van der Waals surface area contributed by atoms with E-state index in [1.165, 1.54) is 0 Å². The molecule has 5 aromatic rings. The number of nitrogens with one attached hydrogen (secondary N) is 1. The summed E-state index contributed by atoms with van der Waals surface area (Å²) in [5.74, 6) is 0.329. The molecule has 0 radical (unpaired) electrons. The van der Waals surface area contributed by atoms with Gasteiger partial charge in [0, 0.05) is 26.0 Å². The largest absolute Gasteiger partial charge is 0.487 e. The summed E-state index contributed by atoms with van der Waals surface area (Å²) >= 11 is 11.9. The molecule has 5 nitrogen and oxygen atoms in total. The fourth-order valence-electron chi connectivity index (χ4n) is 3.95. The molecule has 5 rings (SSSR count). The highest BCUT2D eigenvalue weighted by Gasteiger charge is 2.14. The molecule has 0 atom stereocenters. The third-order valence-electron chi connectivity index (χ3n) is 5.71. The number of carbonyl (C=O) groups is 1. The molecule has 0 unspecified atom stereocenters. The van der Waals surface area contributed by atoms with Crippen LogP contribution in [0.1, 0.15) is 21.5 Å². The average molecular weight is 697 g/mol. The van der Waals surface area contributed by atoms with Crippen molar-refractivity contribution < 1.29 is 9.53 Å². The zero-order valence-corrected chi connectivity index (χ0v) is 24.4. The van der Waals surface area contributed by atoms with Crippen LogP contribution in [0.5, 0.6) is 5.75 Å². The molecule has 1 heterocycles. The van der Waals surface area contributed by atoms with Gasteiger partial charge in [-0.05, 0) is 64.6 Å². The number of carbonyl (C=O) groups excluding carboxylic acids is 1. The maximum atomic E-state index is 13.3. The fraction of sp³-hybridized carbons (Fsp3) is 0.0333. The molecule has 1 aromatic heterocycles. The normalized spacial score (nSPS) is 11.1. The van der Waals surface area contributed by atoms with Crippen LogP contribution in [0.25, 0.3) is 22.2 Å². The van der Waals surface area contributed by atoms with Crippen molar-refractivity contribution in [1.29, 1.82) is 0 Å². The Morgan fingerprint density at radius 3 is 2.61 bits per heavy atom. The number of fused-ring (bicyclic) bond motifs is 1. The van der Waals surface area contributed by atoms with Gasteiger partial charge in [-0.15, -0.1) is 0 Å². The lowest BCUT2D eigenvalue weighted by atomic mass is 10.0. The smallest absolute Gasteiger partial charge is 0.272 e. The summed E-state index contributed by atoms with van der Waals surface area (Å²) in [6, 6.07) is 30.5. The Balaban J connectivity index is 1.40. The van der Waals surface area contributed by atoms with Gasteiger partial charge < -0.3 is 4.74 Å². The zero-order chi connectivity index (χ0) is 26.5. The van der Waals surface area contributed by atoms with Crippen molar-refractivity contribution in [3.05, 3.63) is 127 Å². The van der Waals surface area contributed by atoms with Crippen molar-refractivity contribution in [2.45, 2.75) is 6.61 Å². The van der Waals surface area contributed by atoms with E-state index in [1.807, 2.05) is 91.0 Å². The van der Waals surface area contributed by atoms with Crippen LogP contribution < -0.4 is 10.2 Å². The Bertz CT molecular complexity index is 1660. The molecule has 0 saturated carbocycles. The number of aromatic nitrogens is 1. The van der Waals surface area contributed by atoms with Gasteiger partial charge in [-0.25, -0.2) is 10.4 Å². The Morgan fingerprint density at radius 2 is 1.79 bits per heavy atom. The van der Waals surface area contributed by atoms with Crippen molar-refractivity contribution in [3.63, 3.8) is 0 Å². The van der Waals surface area contributed by atoms with Gasteiger partial charge in [0.25, 0.3) is 5.91 Å². The van der Waals surface area contributed by atoms with Crippen molar-refractivity contribution >= 4 is 73.1 Å². The van der Waals surface area contributed by atoms with Crippen molar-refractivity contribution in [1.82, 2.24) is 10.4 Å². The zero-order valence-electron chi connectivity index (χ0n) is 19.9. The number of pyridine rings is 1. The topological polar surface area (TPSA) is 63.6 Å². The number of benzene rings is 4. The van der Waals surface area contributed by atoms with Crippen LogP contribution >= 0.6 is 50.1 Å². The molecule has 1 amide bonds. The molecule has 38 heavy (non-hydrogen) atoms. The summed E-state index contributed by atoms with van der Waals surface area (Å²) in [6.45, 7) is 0.344. The van der Waals surface area contributed by atoms with E-state index in [0.717, 1.165) is 41.3 Å². The number of rotatable bonds is 7. The molecule has 0 aliphatic heterocycles. The van der Waals surface area contributed by atoms with Crippen LogP contribution in [-0.2, 0) is 6.61 Å². The Kier molecular flexibility index (Phi) is 8.36. The Labute approximate surface area is 247 Å². The van der Waals surface area contributed by atoms with Crippen LogP contribution in [-0.4, -0.2) is 17.1 Å². The summed E-state index contributed by atoms with van der Waals surface area (Å²) in [6.07, 6.45) is 1.58. The van der Waals surface area contributed by atoms with E-state index in [1.54, 1.807) is 12.3 Å². The molecule has 0 spiro atoms. The number of halogens is 3. The van der Waals surface area contributed by atoms with Crippen molar-refractivity contribution in [2.24, 2.45) is 5.10 Å². The molecule has 0 saturated heterocycles. The summed E-state index contributed by atoms with van der Waals surface area (Å²) in [5, 5.41) is 5.67. The van der Waals surface area contributed by atoms with Crippen LogP contribution in [0, 0.1) is 3.57 Å². The highest BCUT2D eigenvalue weighted by molar-refractivity contribution is 14.1. The lowest BCUT2D eigenvalue weighted by Gasteiger charge is -2.12. The first kappa shape index (κ1) is 26.3. The van der Waals surface area contributed by atoms with Gasteiger partial charge in [-0.3, -0.25) is 4.79 Å². The lowest BCUT2D eigenvalue weighted by Crippen LogP contribution is -2.18. The fourth-order valence-corrected chi connectivity index (χ4v) is 5.87. The quantitative estimate of drug-likeness (QED) is 0.106. The van der Waals surface area contributed by atoms with E-state index in [-0.39, 0.29) is 5.91 Å². The second-order valence-electron chi connectivity index (χ2n) is 8.36. The highest BCUT2D eigenvalue weighted by Crippen LogP contribution is 2.30. The number of hydrogen-bond acceptors (Lipinski definition) is 4. The number of hydrazone groups is 1. The molecular formula is C30H20BrClIN3O2. The summed E-state index contributed by atoms with van der Waals surface area (Å²) in [5.41, 5.74) is 7.23. The maximum Gasteiger partial charge on any atom is 0.272 e. The van der Waals surface area contributed by atoms with E-state index in [0.29, 0.717) is 22.9 Å². The van der Waals surface area contributed by atoms with E-state index in [2.05, 4.69) is 49.0 Å². The number of ether oxygens (including phenoxy) is 1. The SMILES string of the molecule is O=C(N/N=C\c1cc(Br)cc(I)c1OCc1cccc(Cl)c1)c1cc(-c2ccccc2)nc2ccccc12. The van der Waals surface area contributed by atoms with Gasteiger partial charge in [0.2, 0.25) is 0 Å². The Morgan fingerprint density at radius 1 is 1.00 bits per heavy atom. The van der Waals surface area contributed by atoms with Crippen molar-refractivity contribution in [3.8, 4) is 17.0 Å². The monoisotopic (exact) mass is 695 g/mol. The number of nitrogens with zero attached hydrogens (tertiary/aromatic N) is 2. The maximum absolute atomic E-state index is 13.3. The standard InChI is InChI=1S/C30H20BrClIN3O2/c31-22-14-21(29(26(33)15-22)38-18-19-7-6-10-23(32)13-19)17-34-36-30(37)25-16-28(20-8-2-1-3-9-20)35-27-12-5-4-11-24(25)27/h1-17H,18H2,(H,36,37)/b34-17-. The molecule has 4 aromatic carbocycles. The van der Waals surface area contributed by atoms with Gasteiger partial charge in [0.1, 0.15) is 12.4 Å². The predicted molar refractivity (Wildman–Crippen MR) is 165 cm³/mol. The molecule has 8 heteroatoms. The predicted octanol–water partition coefficient (Wildman–Crippen LogP) is 8.27. The number of amides is 1. The summed E-state index contributed by atoms with van der Waals surface area (Å²) < 4.78 is 7.90. The molecule has 0 aliphatic carbocycles. The molecule has 1 N–H and O–H groups in total. The van der Waals surface area contributed by atoms with Crippen molar-refractivity contribution in [2.75, 3.05) is 0 Å². The van der Waals surface area contributed by atoms with Gasteiger partial charge in [0.05, 0.1) is 26.6 Å². The number of para-hydroxylation sites is 1. The van der Waals surface area contributed by atoms with Crippen LogP contribution in [0.15, 0.2) is 107 Å². The molecule has 188 valence electrons. The first-order valence-corrected chi connectivity index (χ1v) is 13.9. The third kappa shape index (κ3) is 6.23. The van der Waals surface area contributed by atoms with Gasteiger partial charge in [0.15, 0.2) is 0 Å². The van der Waals surface area contributed by atoms with E-state index in [9.17, 15) is 4.79 Å². The minimum atomic E-state index is -0.330. The van der Waals surface area contributed by atoms with Gasteiger partial charge in [-0.1, -0.05) is 88.2 Å². The second-order valence-corrected chi connectivity index (χ2v) is 10.9. The lowest BCUT2D eigenvalue weighted by molar-refractivity contribution is 0.0956. The van der Waals surface area contributed by atoms with Crippen LogP contribution in [0.4, 0.5) is 0 Å². The van der Waals surface area contributed by atoms with Crippen LogP contribution in [0.2, 0.25) is 5.02 Å². The summed E-state index contributed by atoms with van der Waals surface area (Å²) in [4.78, 5) is 18.0. The first-order valence-electron chi connectivity index (χ1n) is 11.6. The highest BCUT2D eigenvalue weighted by atomic mass is 127. The molecule has 0 fully saturated rings.